The van der Waals surface area contributed by atoms with Crippen molar-refractivity contribution in [2.45, 2.75) is 26.7 Å². The monoisotopic (exact) mass is 494 g/mol. The molecule has 0 fully saturated rings. The molecule has 2 heteroatoms. The van der Waals surface area contributed by atoms with Crippen molar-refractivity contribution in [2.24, 2.45) is 0 Å². The SMILES string of the molecule is CCc1ccccc1-c1cc2ccccc2c(-c2c(O)c(-c3ccccc3CC)cc3ccccc23)c1O. The summed E-state index contributed by atoms with van der Waals surface area (Å²) in [6.45, 7) is 4.26. The first-order valence-corrected chi connectivity index (χ1v) is 13.3. The zero-order chi connectivity index (χ0) is 26.2. The van der Waals surface area contributed by atoms with Gasteiger partial charge in [-0.2, -0.15) is 0 Å². The number of phenolic OH excluding ortho intramolecular Hbond substituents is 2. The number of aromatic hydroxyl groups is 2. The molecule has 2 N–H and O–H groups in total. The molecule has 6 aromatic rings. The quantitative estimate of drug-likeness (QED) is 0.250. The topological polar surface area (TPSA) is 40.5 Å². The molecule has 0 spiro atoms. The van der Waals surface area contributed by atoms with E-state index in [1.165, 1.54) is 11.1 Å². The molecular formula is C36H30O2. The zero-order valence-corrected chi connectivity index (χ0v) is 21.7. The number of rotatable bonds is 5. The third-order valence-corrected chi connectivity index (χ3v) is 7.67. The van der Waals surface area contributed by atoms with E-state index in [2.05, 4.69) is 62.4 Å². The Morgan fingerprint density at radius 1 is 0.447 bits per heavy atom. The standard InChI is InChI=1S/C36H30O2/c1-3-23-13-5-9-17-27(23)31-21-25-15-7-11-19-29(25)33(35(31)37)34-30-20-12-8-16-26(30)22-32(36(34)38)28-18-10-6-14-24(28)4-2/h5-22,37-38H,3-4H2,1-2H3. The van der Waals surface area contributed by atoms with Crippen molar-refractivity contribution in [3.63, 3.8) is 0 Å². The van der Waals surface area contributed by atoms with Crippen molar-refractivity contribution in [1.29, 1.82) is 0 Å². The molecule has 0 heterocycles. The van der Waals surface area contributed by atoms with E-state index in [-0.39, 0.29) is 11.5 Å². The van der Waals surface area contributed by atoms with E-state index < -0.39 is 0 Å². The van der Waals surface area contributed by atoms with Gasteiger partial charge in [-0.25, -0.2) is 0 Å². The van der Waals surface area contributed by atoms with Crippen LogP contribution in [0.5, 0.6) is 11.5 Å². The Bertz CT molecular complexity index is 1680. The number of benzene rings is 6. The second-order valence-electron chi connectivity index (χ2n) is 9.76. The van der Waals surface area contributed by atoms with Gasteiger partial charge in [0.1, 0.15) is 11.5 Å². The maximum atomic E-state index is 12.0. The third-order valence-electron chi connectivity index (χ3n) is 7.67. The van der Waals surface area contributed by atoms with Gasteiger partial charge in [-0.3, -0.25) is 0 Å². The van der Waals surface area contributed by atoms with Crippen LogP contribution in [0.25, 0.3) is 54.9 Å². The summed E-state index contributed by atoms with van der Waals surface area (Å²) in [5.41, 5.74) is 7.24. The van der Waals surface area contributed by atoms with Crippen molar-refractivity contribution < 1.29 is 10.2 Å². The first kappa shape index (κ1) is 23.8. The Morgan fingerprint density at radius 2 is 0.816 bits per heavy atom. The lowest BCUT2D eigenvalue weighted by Crippen LogP contribution is -1.94. The summed E-state index contributed by atoms with van der Waals surface area (Å²) in [6, 6.07) is 36.8. The Labute approximate surface area is 223 Å². The summed E-state index contributed by atoms with van der Waals surface area (Å²) >= 11 is 0. The second-order valence-corrected chi connectivity index (χ2v) is 9.76. The van der Waals surface area contributed by atoms with E-state index in [0.717, 1.165) is 56.6 Å². The molecule has 2 nitrogen and oxygen atoms in total. The van der Waals surface area contributed by atoms with Gasteiger partial charge in [0, 0.05) is 22.3 Å². The summed E-state index contributed by atoms with van der Waals surface area (Å²) in [4.78, 5) is 0. The molecule has 0 aliphatic rings. The predicted molar refractivity (Wildman–Crippen MR) is 160 cm³/mol. The maximum absolute atomic E-state index is 12.0. The first-order valence-electron chi connectivity index (χ1n) is 13.3. The Balaban J connectivity index is 1.78. The molecule has 0 radical (unpaired) electrons. The molecule has 38 heavy (non-hydrogen) atoms. The summed E-state index contributed by atoms with van der Waals surface area (Å²) in [5, 5.41) is 27.9. The summed E-state index contributed by atoms with van der Waals surface area (Å²) in [5.74, 6) is 0.372. The zero-order valence-electron chi connectivity index (χ0n) is 21.7. The van der Waals surface area contributed by atoms with Gasteiger partial charge in [-0.15, -0.1) is 0 Å². The van der Waals surface area contributed by atoms with E-state index in [9.17, 15) is 10.2 Å². The highest BCUT2D eigenvalue weighted by Crippen LogP contribution is 2.51. The van der Waals surface area contributed by atoms with Gasteiger partial charge in [0.05, 0.1) is 0 Å². The van der Waals surface area contributed by atoms with Gasteiger partial charge in [-0.1, -0.05) is 111 Å². The van der Waals surface area contributed by atoms with E-state index in [1.807, 2.05) is 60.7 Å². The van der Waals surface area contributed by atoms with E-state index >= 15 is 0 Å². The average molecular weight is 495 g/mol. The van der Waals surface area contributed by atoms with Gasteiger partial charge < -0.3 is 10.2 Å². The van der Waals surface area contributed by atoms with E-state index in [1.54, 1.807) is 0 Å². The second kappa shape index (κ2) is 9.72. The number of phenols is 2. The van der Waals surface area contributed by atoms with E-state index in [4.69, 9.17) is 0 Å². The van der Waals surface area contributed by atoms with Crippen molar-refractivity contribution >= 4 is 21.5 Å². The normalized spacial score (nSPS) is 11.3. The van der Waals surface area contributed by atoms with Crippen molar-refractivity contribution in [3.05, 3.63) is 120 Å². The van der Waals surface area contributed by atoms with Crippen LogP contribution in [0.1, 0.15) is 25.0 Å². The Morgan fingerprint density at radius 3 is 1.24 bits per heavy atom. The van der Waals surface area contributed by atoms with Gasteiger partial charge >= 0.3 is 0 Å². The van der Waals surface area contributed by atoms with Crippen LogP contribution in [0.3, 0.4) is 0 Å². The van der Waals surface area contributed by atoms with Gasteiger partial charge in [0.2, 0.25) is 0 Å². The van der Waals surface area contributed by atoms with Crippen LogP contribution in [0.15, 0.2) is 109 Å². The fourth-order valence-electron chi connectivity index (χ4n) is 5.77. The van der Waals surface area contributed by atoms with Crippen LogP contribution in [0, 0.1) is 0 Å². The number of aryl methyl sites for hydroxylation is 2. The fourth-order valence-corrected chi connectivity index (χ4v) is 5.77. The highest BCUT2D eigenvalue weighted by Gasteiger charge is 2.24. The lowest BCUT2D eigenvalue weighted by atomic mass is 9.85. The molecule has 0 aliphatic carbocycles. The minimum atomic E-state index is 0.186. The van der Waals surface area contributed by atoms with Crippen LogP contribution < -0.4 is 0 Å². The first-order chi connectivity index (χ1) is 18.6. The third kappa shape index (κ3) is 3.81. The van der Waals surface area contributed by atoms with Gasteiger partial charge in [0.25, 0.3) is 0 Å². The molecule has 0 aromatic heterocycles. The van der Waals surface area contributed by atoms with Crippen LogP contribution in [-0.2, 0) is 12.8 Å². The minimum absolute atomic E-state index is 0.186. The number of hydrogen-bond acceptors (Lipinski definition) is 2. The molecule has 6 rings (SSSR count). The van der Waals surface area contributed by atoms with Crippen LogP contribution in [0.2, 0.25) is 0 Å². The Kier molecular flexibility index (Phi) is 6.09. The van der Waals surface area contributed by atoms with Crippen molar-refractivity contribution in [1.82, 2.24) is 0 Å². The molecule has 6 aromatic carbocycles. The summed E-state index contributed by atoms with van der Waals surface area (Å²) in [6.07, 6.45) is 1.71. The molecule has 186 valence electrons. The lowest BCUT2D eigenvalue weighted by Gasteiger charge is -2.20. The van der Waals surface area contributed by atoms with Crippen molar-refractivity contribution in [2.75, 3.05) is 0 Å². The minimum Gasteiger partial charge on any atom is -0.507 e. The molecule has 0 amide bonds. The molecule has 0 bridgehead atoms. The van der Waals surface area contributed by atoms with Crippen LogP contribution >= 0.6 is 0 Å². The predicted octanol–water partition coefficient (Wildman–Crippen LogP) is 9.53. The Hall–Kier alpha value is -4.56. The maximum Gasteiger partial charge on any atom is 0.132 e. The van der Waals surface area contributed by atoms with Crippen molar-refractivity contribution in [3.8, 4) is 44.9 Å². The molecule has 0 atom stereocenters. The highest BCUT2D eigenvalue weighted by atomic mass is 16.3. The summed E-state index contributed by atoms with van der Waals surface area (Å²) < 4.78 is 0. The van der Waals surface area contributed by atoms with Gasteiger partial charge in [-0.05, 0) is 68.8 Å². The number of hydrogen-bond donors (Lipinski definition) is 2. The highest BCUT2D eigenvalue weighted by molar-refractivity contribution is 6.14. The largest absolute Gasteiger partial charge is 0.507 e. The molecule has 0 saturated carbocycles. The van der Waals surface area contributed by atoms with Gasteiger partial charge in [0.15, 0.2) is 0 Å². The number of fused-ring (bicyclic) bond motifs is 2. The van der Waals surface area contributed by atoms with Crippen LogP contribution in [-0.4, -0.2) is 10.2 Å². The fraction of sp³-hybridized carbons (Fsp3) is 0.111. The van der Waals surface area contributed by atoms with E-state index in [0.29, 0.717) is 11.1 Å². The molecule has 0 aliphatic heterocycles. The molecule has 0 unspecified atom stereocenters. The average Bonchev–Trinajstić information content (AvgIpc) is 2.97. The lowest BCUT2D eigenvalue weighted by molar-refractivity contribution is 0.472. The smallest absolute Gasteiger partial charge is 0.132 e. The molecular weight excluding hydrogens is 464 g/mol. The van der Waals surface area contributed by atoms with Crippen LogP contribution in [0.4, 0.5) is 0 Å². The summed E-state index contributed by atoms with van der Waals surface area (Å²) in [7, 11) is 0. The molecule has 0 saturated heterocycles.